The summed E-state index contributed by atoms with van der Waals surface area (Å²) >= 11 is 6.19. The Kier molecular flexibility index (Phi) is 4.84. The smallest absolute Gasteiger partial charge is 0.243 e. The van der Waals surface area contributed by atoms with Gasteiger partial charge in [-0.2, -0.15) is 0 Å². The molecular weight excluding hydrogens is 310 g/mol. The van der Waals surface area contributed by atoms with Crippen LogP contribution in [0, 0.1) is 6.92 Å². The fourth-order valence-corrected chi connectivity index (χ4v) is 3.06. The van der Waals surface area contributed by atoms with E-state index < -0.39 is 0 Å². The van der Waals surface area contributed by atoms with Crippen LogP contribution in [0.5, 0.6) is 0 Å². The highest BCUT2D eigenvalue weighted by Crippen LogP contribution is 2.24. The van der Waals surface area contributed by atoms with Crippen molar-refractivity contribution in [2.75, 3.05) is 29.9 Å². The third-order valence-corrected chi connectivity index (χ3v) is 4.25. The monoisotopic (exact) mass is 329 g/mol. The zero-order valence-corrected chi connectivity index (χ0v) is 13.9. The molecule has 2 N–H and O–H groups in total. The van der Waals surface area contributed by atoms with Gasteiger partial charge in [0.25, 0.3) is 0 Å². The van der Waals surface area contributed by atoms with Crippen molar-refractivity contribution in [3.05, 3.63) is 58.6 Å². The highest BCUT2D eigenvalue weighted by Gasteiger charge is 2.17. The summed E-state index contributed by atoms with van der Waals surface area (Å²) in [5.41, 5.74) is 4.05. The minimum absolute atomic E-state index is 0.0625. The van der Waals surface area contributed by atoms with Gasteiger partial charge in [-0.3, -0.25) is 4.79 Å². The highest BCUT2D eigenvalue weighted by molar-refractivity contribution is 6.33. The minimum Gasteiger partial charge on any atom is -0.361 e. The second kappa shape index (κ2) is 7.02. The van der Waals surface area contributed by atoms with Crippen LogP contribution >= 0.6 is 11.6 Å². The molecule has 0 aromatic heterocycles. The van der Waals surface area contributed by atoms with Crippen molar-refractivity contribution in [1.82, 2.24) is 5.32 Å². The molecule has 0 bridgehead atoms. The summed E-state index contributed by atoms with van der Waals surface area (Å²) in [4.78, 5) is 14.5. The highest BCUT2D eigenvalue weighted by atomic mass is 35.5. The summed E-state index contributed by atoms with van der Waals surface area (Å²) in [6.07, 6.45) is 0. The Hall–Kier alpha value is -2.04. The Morgan fingerprint density at radius 3 is 2.96 bits per heavy atom. The van der Waals surface area contributed by atoms with Crippen LogP contribution in [0.2, 0.25) is 5.02 Å². The molecule has 1 amide bonds. The van der Waals surface area contributed by atoms with Crippen LogP contribution in [0.3, 0.4) is 0 Å². The van der Waals surface area contributed by atoms with Gasteiger partial charge >= 0.3 is 0 Å². The van der Waals surface area contributed by atoms with E-state index in [9.17, 15) is 4.79 Å². The molecule has 0 spiro atoms. The van der Waals surface area contributed by atoms with Crippen LogP contribution in [-0.2, 0) is 11.3 Å². The van der Waals surface area contributed by atoms with E-state index in [1.54, 1.807) is 0 Å². The molecule has 0 radical (unpaired) electrons. The number of nitrogens with zero attached hydrogens (tertiary/aromatic N) is 1. The normalized spacial score (nSPS) is 14.1. The number of aryl methyl sites for hydroxylation is 1. The fraction of sp³-hybridized carbons (Fsp3) is 0.278. The number of fused-ring (bicyclic) bond motifs is 1. The van der Waals surface area contributed by atoms with E-state index in [-0.39, 0.29) is 5.91 Å². The molecule has 5 heteroatoms. The van der Waals surface area contributed by atoms with Gasteiger partial charge in [0.1, 0.15) is 0 Å². The molecular formula is C18H20ClN3O. The molecule has 1 aliphatic rings. The summed E-state index contributed by atoms with van der Waals surface area (Å²) in [7, 11) is 0. The van der Waals surface area contributed by atoms with Crippen molar-refractivity contribution in [3.63, 3.8) is 0 Å². The molecule has 0 fully saturated rings. The van der Waals surface area contributed by atoms with Crippen LogP contribution in [0.25, 0.3) is 0 Å². The third-order valence-electron chi connectivity index (χ3n) is 3.94. The van der Waals surface area contributed by atoms with Crippen molar-refractivity contribution in [2.24, 2.45) is 0 Å². The lowest BCUT2D eigenvalue weighted by atomic mass is 10.1. The minimum atomic E-state index is -0.0625. The number of nitrogens with one attached hydrogen (secondary N) is 2. The molecule has 0 saturated heterocycles. The predicted molar refractivity (Wildman–Crippen MR) is 95.2 cm³/mol. The van der Waals surface area contributed by atoms with E-state index in [4.69, 9.17) is 11.6 Å². The standard InChI is InChI=1S/C18H20ClN3O/c1-13-6-7-16(15(19)10-13)21-18(23)12-22-9-8-20-11-14-4-2-3-5-17(14)22/h2-7,10,20H,8-9,11-12H2,1H3,(H,21,23). The van der Waals surface area contributed by atoms with Gasteiger partial charge in [0.15, 0.2) is 0 Å². The Morgan fingerprint density at radius 2 is 2.13 bits per heavy atom. The quantitative estimate of drug-likeness (QED) is 0.909. The number of para-hydroxylation sites is 1. The molecule has 120 valence electrons. The van der Waals surface area contributed by atoms with Gasteiger partial charge in [0.2, 0.25) is 5.91 Å². The van der Waals surface area contributed by atoms with Crippen molar-refractivity contribution in [2.45, 2.75) is 13.5 Å². The summed E-state index contributed by atoms with van der Waals surface area (Å²) in [5, 5.41) is 6.85. The lowest BCUT2D eigenvalue weighted by molar-refractivity contribution is -0.115. The second-order valence-electron chi connectivity index (χ2n) is 5.76. The maximum atomic E-state index is 12.4. The van der Waals surface area contributed by atoms with Crippen LogP contribution in [-0.4, -0.2) is 25.5 Å². The van der Waals surface area contributed by atoms with Gasteiger partial charge in [-0.1, -0.05) is 35.9 Å². The van der Waals surface area contributed by atoms with E-state index in [0.29, 0.717) is 17.3 Å². The summed E-state index contributed by atoms with van der Waals surface area (Å²) in [5.74, 6) is -0.0625. The number of halogens is 1. The summed E-state index contributed by atoms with van der Waals surface area (Å²) < 4.78 is 0. The first kappa shape index (κ1) is 15.8. The lowest BCUT2D eigenvalue weighted by Crippen LogP contribution is -2.36. The Balaban J connectivity index is 1.72. The van der Waals surface area contributed by atoms with Gasteiger partial charge in [-0.05, 0) is 36.2 Å². The molecule has 0 aliphatic carbocycles. The Bertz CT molecular complexity index is 717. The molecule has 0 atom stereocenters. The molecule has 3 rings (SSSR count). The number of carbonyl (C=O) groups is 1. The number of carbonyl (C=O) groups excluding carboxylic acids is 1. The molecule has 2 aromatic rings. The Morgan fingerprint density at radius 1 is 1.30 bits per heavy atom. The lowest BCUT2D eigenvalue weighted by Gasteiger charge is -2.24. The molecule has 0 unspecified atom stereocenters. The van der Waals surface area contributed by atoms with E-state index in [2.05, 4.69) is 27.7 Å². The SMILES string of the molecule is Cc1ccc(NC(=O)CN2CCNCc3ccccc32)c(Cl)c1. The van der Waals surface area contributed by atoms with Crippen molar-refractivity contribution in [3.8, 4) is 0 Å². The van der Waals surface area contributed by atoms with E-state index >= 15 is 0 Å². The van der Waals surface area contributed by atoms with Gasteiger partial charge in [0, 0.05) is 25.3 Å². The second-order valence-corrected chi connectivity index (χ2v) is 6.17. The molecule has 2 aromatic carbocycles. The average molecular weight is 330 g/mol. The maximum absolute atomic E-state index is 12.4. The van der Waals surface area contributed by atoms with Gasteiger partial charge in [0.05, 0.1) is 17.3 Å². The fourth-order valence-electron chi connectivity index (χ4n) is 2.78. The number of rotatable bonds is 3. The van der Waals surface area contributed by atoms with Crippen LogP contribution in [0.1, 0.15) is 11.1 Å². The first-order chi connectivity index (χ1) is 11.1. The van der Waals surface area contributed by atoms with Crippen molar-refractivity contribution < 1.29 is 4.79 Å². The molecule has 1 heterocycles. The average Bonchev–Trinajstić information content (AvgIpc) is 2.73. The van der Waals surface area contributed by atoms with Crippen molar-refractivity contribution in [1.29, 1.82) is 0 Å². The van der Waals surface area contributed by atoms with Crippen LogP contribution < -0.4 is 15.5 Å². The number of hydrogen-bond acceptors (Lipinski definition) is 3. The molecule has 4 nitrogen and oxygen atoms in total. The zero-order chi connectivity index (χ0) is 16.2. The van der Waals surface area contributed by atoms with Crippen LogP contribution in [0.4, 0.5) is 11.4 Å². The first-order valence-corrected chi connectivity index (χ1v) is 8.11. The molecule has 1 aliphatic heterocycles. The zero-order valence-electron chi connectivity index (χ0n) is 13.1. The van der Waals surface area contributed by atoms with E-state index in [1.165, 1.54) is 5.56 Å². The number of benzene rings is 2. The first-order valence-electron chi connectivity index (χ1n) is 7.73. The van der Waals surface area contributed by atoms with Crippen LogP contribution in [0.15, 0.2) is 42.5 Å². The largest absolute Gasteiger partial charge is 0.361 e. The topological polar surface area (TPSA) is 44.4 Å². The van der Waals surface area contributed by atoms with Gasteiger partial charge < -0.3 is 15.5 Å². The number of hydrogen-bond donors (Lipinski definition) is 2. The maximum Gasteiger partial charge on any atom is 0.243 e. The Labute approximate surface area is 141 Å². The molecule has 0 saturated carbocycles. The third kappa shape index (κ3) is 3.84. The van der Waals surface area contributed by atoms with E-state index in [0.717, 1.165) is 30.9 Å². The predicted octanol–water partition coefficient (Wildman–Crippen LogP) is 3.20. The van der Waals surface area contributed by atoms with Gasteiger partial charge in [-0.25, -0.2) is 0 Å². The number of amides is 1. The molecule has 23 heavy (non-hydrogen) atoms. The van der Waals surface area contributed by atoms with Crippen molar-refractivity contribution >= 4 is 28.9 Å². The summed E-state index contributed by atoms with van der Waals surface area (Å²) in [6.45, 7) is 4.76. The van der Waals surface area contributed by atoms with E-state index in [1.807, 2.05) is 37.3 Å². The number of anilines is 2. The summed E-state index contributed by atoms with van der Waals surface area (Å²) in [6, 6.07) is 13.8. The van der Waals surface area contributed by atoms with Gasteiger partial charge in [-0.15, -0.1) is 0 Å².